The first-order chi connectivity index (χ1) is 24.4. The number of aliphatic hydroxyl groups is 5. The van der Waals surface area contributed by atoms with Gasteiger partial charge in [-0.1, -0.05) is 20.8 Å². The number of hydrogen-bond acceptors (Lipinski definition) is 15. The number of likely N-dealkylation sites (N-methyl/N-ethyl adjacent to an activating group) is 1. The monoisotopic (exact) mass is 763 g/mol. The van der Waals surface area contributed by atoms with Gasteiger partial charge in [0.15, 0.2) is 12.6 Å². The Morgan fingerprint density at radius 2 is 1.34 bits per heavy atom. The van der Waals surface area contributed by atoms with E-state index in [9.17, 15) is 35.1 Å². The summed E-state index contributed by atoms with van der Waals surface area (Å²) < 4.78 is 43.5. The Labute approximate surface area is 315 Å². The number of ketones is 1. The van der Waals surface area contributed by atoms with Gasteiger partial charge < -0.3 is 63.6 Å². The Kier molecular flexibility index (Phi) is 15.5. The van der Waals surface area contributed by atoms with Gasteiger partial charge in [0, 0.05) is 44.4 Å². The Balaban J connectivity index is 2.23. The smallest absolute Gasteiger partial charge is 0.311 e. The fourth-order valence-electron chi connectivity index (χ4n) is 8.54. The number of methoxy groups -OCH3 is 2. The van der Waals surface area contributed by atoms with Crippen molar-refractivity contribution < 1.29 is 68.3 Å². The van der Waals surface area contributed by atoms with Crippen LogP contribution in [0.1, 0.15) is 88.5 Å². The number of ether oxygens (including phenoxy) is 7. The quantitative estimate of drug-likeness (QED) is 0.233. The molecule has 0 aliphatic carbocycles. The molecule has 53 heavy (non-hydrogen) atoms. The molecular weight excluding hydrogens is 694 g/mol. The van der Waals surface area contributed by atoms with Crippen LogP contribution >= 0.6 is 0 Å². The molecule has 3 rings (SSSR count). The second-order valence-electron chi connectivity index (χ2n) is 16.9. The maximum absolute atomic E-state index is 14.0. The van der Waals surface area contributed by atoms with Gasteiger partial charge in [0.1, 0.15) is 35.8 Å². The lowest BCUT2D eigenvalue weighted by molar-refractivity contribution is -0.319. The van der Waals surface area contributed by atoms with Crippen LogP contribution in [0.25, 0.3) is 0 Å². The van der Waals surface area contributed by atoms with Gasteiger partial charge in [-0.05, 0) is 75.4 Å². The van der Waals surface area contributed by atoms with E-state index in [1.807, 2.05) is 25.9 Å². The van der Waals surface area contributed by atoms with Crippen LogP contribution in [0.4, 0.5) is 0 Å². The van der Waals surface area contributed by atoms with E-state index in [-0.39, 0.29) is 25.0 Å². The molecule has 5 N–H and O–H groups in total. The molecule has 0 bridgehead atoms. The number of aliphatic hydroxyl groups excluding tert-OH is 4. The minimum absolute atomic E-state index is 0.0431. The van der Waals surface area contributed by atoms with E-state index in [2.05, 4.69) is 0 Å². The van der Waals surface area contributed by atoms with Crippen LogP contribution < -0.4 is 0 Å². The van der Waals surface area contributed by atoms with E-state index in [1.54, 1.807) is 41.5 Å². The predicted molar refractivity (Wildman–Crippen MR) is 192 cm³/mol. The number of rotatable bonds is 7. The number of carbonyl (C=O) groups is 2. The molecule has 0 aromatic carbocycles. The molecule has 3 saturated heterocycles. The highest BCUT2D eigenvalue weighted by Crippen LogP contribution is 2.41. The third-order valence-electron chi connectivity index (χ3n) is 12.3. The molecule has 0 unspecified atom stereocenters. The number of cyclic esters (lactones) is 1. The maximum atomic E-state index is 14.0. The number of hydrogen-bond donors (Lipinski definition) is 5. The molecule has 19 atom stereocenters. The van der Waals surface area contributed by atoms with E-state index >= 15 is 0 Å². The average Bonchev–Trinajstić information content (AvgIpc) is 3.10. The molecule has 0 radical (unpaired) electrons. The highest BCUT2D eigenvalue weighted by Gasteiger charge is 2.54. The zero-order chi connectivity index (χ0) is 40.5. The zero-order valence-electron chi connectivity index (χ0n) is 34.2. The van der Waals surface area contributed by atoms with E-state index in [0.29, 0.717) is 6.42 Å². The topological polar surface area (TPSA) is 203 Å². The van der Waals surface area contributed by atoms with Crippen molar-refractivity contribution >= 4 is 11.8 Å². The van der Waals surface area contributed by atoms with Crippen LogP contribution in [0.5, 0.6) is 0 Å². The molecule has 3 aliphatic rings. The largest absolute Gasteiger partial charge is 0.460 e. The van der Waals surface area contributed by atoms with Crippen molar-refractivity contribution in [2.24, 2.45) is 23.7 Å². The van der Waals surface area contributed by atoms with Crippen LogP contribution in [0.3, 0.4) is 0 Å². The van der Waals surface area contributed by atoms with Crippen molar-refractivity contribution in [1.29, 1.82) is 0 Å². The summed E-state index contributed by atoms with van der Waals surface area (Å²) in [4.78, 5) is 29.9. The van der Waals surface area contributed by atoms with Crippen molar-refractivity contribution in [1.82, 2.24) is 4.90 Å². The Morgan fingerprint density at radius 3 is 1.89 bits per heavy atom. The van der Waals surface area contributed by atoms with E-state index in [4.69, 9.17) is 33.2 Å². The number of esters is 1. The summed E-state index contributed by atoms with van der Waals surface area (Å²) in [6, 6.07) is -0.310. The second-order valence-corrected chi connectivity index (χ2v) is 16.9. The number of Topliss-reactive ketones (excluding diaryl/α,β-unsaturated/α-hetero) is 1. The molecule has 3 aliphatic heterocycles. The summed E-state index contributed by atoms with van der Waals surface area (Å²) in [6.07, 6.45) is -11.4. The normalized spacial score (nSPS) is 50.0. The van der Waals surface area contributed by atoms with E-state index in [0.717, 1.165) is 0 Å². The highest BCUT2D eigenvalue weighted by molar-refractivity contribution is 5.83. The molecule has 3 fully saturated rings. The first-order valence-electron chi connectivity index (χ1n) is 18.9. The lowest BCUT2D eigenvalue weighted by atomic mass is 9.74. The molecule has 0 aromatic rings. The summed E-state index contributed by atoms with van der Waals surface area (Å²) in [6.45, 7) is 16.2. The summed E-state index contributed by atoms with van der Waals surface area (Å²) >= 11 is 0. The van der Waals surface area contributed by atoms with Gasteiger partial charge in [-0.2, -0.15) is 0 Å². The number of carbonyl (C=O) groups excluding carboxylic acids is 2. The van der Waals surface area contributed by atoms with Gasteiger partial charge in [-0.15, -0.1) is 0 Å². The molecule has 15 nitrogen and oxygen atoms in total. The van der Waals surface area contributed by atoms with Gasteiger partial charge in [-0.25, -0.2) is 0 Å². The lowest BCUT2D eigenvalue weighted by Gasteiger charge is -2.49. The van der Waals surface area contributed by atoms with Crippen molar-refractivity contribution in [3.8, 4) is 0 Å². The fraction of sp³-hybridized carbons (Fsp3) is 0.947. The molecule has 15 heteroatoms. The van der Waals surface area contributed by atoms with E-state index in [1.165, 1.54) is 35.0 Å². The molecule has 0 aromatic heterocycles. The standard InChI is InChI=1S/C38H69NO14/c1-18-16-37(9,48-14)33(53-35-28(41)25(39(11)12)15-19(2)49-35)21(4)29(52-26-17-36(8,47-13)31(43)23(6)50-26)22(5)34(45)51-24(7)32(44)38(10,46)30(42)20(3)27(18)40/h18-26,28-33,35,41-44,46H,15-17H2,1-14H3/t18-,19-,20+,21+,22-,23+,24-,25+,26+,28-,29+,30-,31+,32-,33-,35+,36-,37-,38+/m1/s1. The lowest BCUT2D eigenvalue weighted by Crippen LogP contribution is -2.61. The van der Waals surface area contributed by atoms with Crippen molar-refractivity contribution in [2.75, 3.05) is 28.3 Å². The zero-order valence-corrected chi connectivity index (χ0v) is 34.2. The Morgan fingerprint density at radius 1 is 0.755 bits per heavy atom. The SMILES string of the molecule is CO[C@]1(C)C[C@@H](C)C(=O)[C@H](C)[C@@H](O)[C@](C)(O)[C@H](O)[C@@H](C)OC(=O)[C@H](C)[C@@H](O[C@H]2C[C@@](C)(OC)[C@@H](O)[C@H](C)O2)[C@H](C)[C@H]1O[C@@H]1O[C@H](C)C[C@H](N(C)C)[C@H]1O. The van der Waals surface area contributed by atoms with Crippen LogP contribution in [0.2, 0.25) is 0 Å². The van der Waals surface area contributed by atoms with Crippen molar-refractivity contribution in [3.05, 3.63) is 0 Å². The van der Waals surface area contributed by atoms with Crippen LogP contribution in [0.15, 0.2) is 0 Å². The minimum Gasteiger partial charge on any atom is -0.460 e. The number of nitrogens with zero attached hydrogens (tertiary/aromatic N) is 1. The van der Waals surface area contributed by atoms with Gasteiger partial charge >= 0.3 is 5.97 Å². The molecule has 0 amide bonds. The van der Waals surface area contributed by atoms with Crippen molar-refractivity contribution in [2.45, 2.75) is 179 Å². The highest BCUT2D eigenvalue weighted by atomic mass is 16.7. The third kappa shape index (κ3) is 9.80. The average molecular weight is 764 g/mol. The molecule has 0 saturated carbocycles. The van der Waals surface area contributed by atoms with Crippen LogP contribution in [-0.2, 0) is 42.7 Å². The van der Waals surface area contributed by atoms with Gasteiger partial charge in [0.2, 0.25) is 0 Å². The van der Waals surface area contributed by atoms with Gasteiger partial charge in [0.25, 0.3) is 0 Å². The predicted octanol–water partition coefficient (Wildman–Crippen LogP) is 1.41. The van der Waals surface area contributed by atoms with Crippen LogP contribution in [-0.4, -0.2) is 161 Å². The molecule has 310 valence electrons. The first-order valence-corrected chi connectivity index (χ1v) is 18.9. The molecule has 3 heterocycles. The maximum Gasteiger partial charge on any atom is 0.311 e. The summed E-state index contributed by atoms with van der Waals surface area (Å²) in [5, 5.41) is 56.4. The van der Waals surface area contributed by atoms with E-state index < -0.39 is 114 Å². The molecule has 0 spiro atoms. The van der Waals surface area contributed by atoms with Gasteiger partial charge in [-0.3, -0.25) is 9.59 Å². The Bertz CT molecular complexity index is 1220. The first kappa shape index (κ1) is 46.0. The van der Waals surface area contributed by atoms with Crippen LogP contribution in [0, 0.1) is 23.7 Å². The molecular formula is C38H69NO14. The van der Waals surface area contributed by atoms with Gasteiger partial charge in [0.05, 0.1) is 47.6 Å². The fourth-order valence-corrected chi connectivity index (χ4v) is 8.54. The second kappa shape index (κ2) is 17.9. The summed E-state index contributed by atoms with van der Waals surface area (Å²) in [7, 11) is 6.68. The third-order valence-corrected chi connectivity index (χ3v) is 12.3. The minimum atomic E-state index is -2.25. The van der Waals surface area contributed by atoms with Crippen molar-refractivity contribution in [3.63, 3.8) is 0 Å². The summed E-state index contributed by atoms with van der Waals surface area (Å²) in [5.74, 6) is -4.96. The summed E-state index contributed by atoms with van der Waals surface area (Å²) in [5.41, 5.74) is -4.61. The Hall–Kier alpha value is -1.34.